The standard InChI is InChI=1S/C25H28N2O7/c1-15-11-20(21(14-33-18(4)29)16(2)23(15)26-17(3)28)12-22(24(30)32-5)27-25(31)34-13-19-9-7-6-8-10-19/h6-11H,12-14H2,1-5H3,(H,26,28). The molecule has 0 aliphatic rings. The van der Waals surface area contributed by atoms with Crippen molar-refractivity contribution in [2.75, 3.05) is 12.4 Å². The molecule has 0 unspecified atom stereocenters. The van der Waals surface area contributed by atoms with Crippen LogP contribution in [-0.2, 0) is 48.2 Å². The van der Waals surface area contributed by atoms with E-state index in [1.54, 1.807) is 32.0 Å². The summed E-state index contributed by atoms with van der Waals surface area (Å²) in [6.07, 6.45) is -1.01. The predicted octanol–water partition coefficient (Wildman–Crippen LogP) is 3.82. The second-order valence-electron chi connectivity index (χ2n) is 7.56. The molecule has 9 heteroatoms. The lowest BCUT2D eigenvalue weighted by atomic mass is 9.93. The lowest BCUT2D eigenvalue weighted by Crippen LogP contribution is -2.22. The van der Waals surface area contributed by atoms with Crippen molar-refractivity contribution in [1.82, 2.24) is 0 Å². The summed E-state index contributed by atoms with van der Waals surface area (Å²) in [5.41, 5.74) is 3.75. The average molecular weight is 469 g/mol. The topological polar surface area (TPSA) is 120 Å². The summed E-state index contributed by atoms with van der Waals surface area (Å²) in [5, 5.41) is 2.77. The summed E-state index contributed by atoms with van der Waals surface area (Å²) in [6, 6.07) is 10.8. The van der Waals surface area contributed by atoms with Gasteiger partial charge in [-0.1, -0.05) is 36.4 Å². The van der Waals surface area contributed by atoms with E-state index >= 15 is 0 Å². The first-order valence-electron chi connectivity index (χ1n) is 10.5. The van der Waals surface area contributed by atoms with Gasteiger partial charge in [-0.3, -0.25) is 9.59 Å². The number of carbonyl (C=O) groups excluding carboxylic acids is 4. The summed E-state index contributed by atoms with van der Waals surface area (Å²) in [7, 11) is 1.18. The number of benzene rings is 2. The Labute approximate surface area is 198 Å². The smallest absolute Gasteiger partial charge is 0.434 e. The number of aliphatic imine (C=N–C) groups is 1. The Hall–Kier alpha value is -4.01. The molecule has 0 saturated heterocycles. The molecule has 180 valence electrons. The van der Waals surface area contributed by atoms with Gasteiger partial charge in [-0.25, -0.2) is 9.59 Å². The van der Waals surface area contributed by atoms with Gasteiger partial charge in [0.25, 0.3) is 0 Å². The van der Waals surface area contributed by atoms with Crippen LogP contribution in [0.2, 0.25) is 0 Å². The van der Waals surface area contributed by atoms with Crippen molar-refractivity contribution in [3.05, 3.63) is 64.2 Å². The van der Waals surface area contributed by atoms with Gasteiger partial charge in [-0.15, -0.1) is 0 Å². The number of hydrogen-bond donors (Lipinski definition) is 1. The highest BCUT2D eigenvalue weighted by atomic mass is 16.5. The molecular weight excluding hydrogens is 440 g/mol. The number of amides is 2. The molecular formula is C25H28N2O7. The molecule has 2 aromatic carbocycles. The zero-order valence-electron chi connectivity index (χ0n) is 19.9. The Balaban J connectivity index is 2.39. The summed E-state index contributed by atoms with van der Waals surface area (Å²) in [4.78, 5) is 51.6. The van der Waals surface area contributed by atoms with Crippen LogP contribution in [0, 0.1) is 13.8 Å². The number of rotatable bonds is 8. The first-order valence-corrected chi connectivity index (χ1v) is 10.5. The van der Waals surface area contributed by atoms with Crippen LogP contribution in [0.3, 0.4) is 0 Å². The monoisotopic (exact) mass is 468 g/mol. The Bertz CT molecular complexity index is 1110. The summed E-state index contributed by atoms with van der Waals surface area (Å²) < 4.78 is 15.1. The van der Waals surface area contributed by atoms with E-state index in [0.29, 0.717) is 22.4 Å². The maximum atomic E-state index is 12.4. The van der Waals surface area contributed by atoms with Crippen molar-refractivity contribution >= 4 is 35.3 Å². The van der Waals surface area contributed by atoms with Gasteiger partial charge in [0.2, 0.25) is 5.91 Å². The van der Waals surface area contributed by atoms with E-state index in [-0.39, 0.29) is 31.3 Å². The maximum Gasteiger partial charge on any atom is 0.434 e. The molecule has 0 spiro atoms. The number of aryl methyl sites for hydroxylation is 1. The van der Waals surface area contributed by atoms with Crippen molar-refractivity contribution in [3.8, 4) is 0 Å². The van der Waals surface area contributed by atoms with E-state index in [9.17, 15) is 19.2 Å². The molecule has 2 amide bonds. The highest BCUT2D eigenvalue weighted by Crippen LogP contribution is 2.29. The van der Waals surface area contributed by atoms with Crippen LogP contribution >= 0.6 is 0 Å². The molecule has 0 heterocycles. The fourth-order valence-corrected chi connectivity index (χ4v) is 3.33. The van der Waals surface area contributed by atoms with Crippen molar-refractivity contribution in [3.63, 3.8) is 0 Å². The fourth-order valence-electron chi connectivity index (χ4n) is 3.33. The molecule has 0 atom stereocenters. The maximum absolute atomic E-state index is 12.4. The van der Waals surface area contributed by atoms with Crippen molar-refractivity contribution in [1.29, 1.82) is 0 Å². The van der Waals surface area contributed by atoms with Crippen LogP contribution in [0.1, 0.15) is 41.7 Å². The van der Waals surface area contributed by atoms with Crippen LogP contribution in [0.25, 0.3) is 0 Å². The van der Waals surface area contributed by atoms with Gasteiger partial charge in [-0.05, 0) is 41.7 Å². The molecule has 0 saturated carbocycles. The molecule has 0 radical (unpaired) electrons. The number of methoxy groups -OCH3 is 1. The Morgan fingerprint density at radius 2 is 1.65 bits per heavy atom. The fraction of sp³-hybridized carbons (Fsp3) is 0.320. The minimum atomic E-state index is -0.936. The first kappa shape index (κ1) is 26.2. The lowest BCUT2D eigenvalue weighted by Gasteiger charge is -2.19. The highest BCUT2D eigenvalue weighted by Gasteiger charge is 2.21. The third-order valence-electron chi connectivity index (χ3n) is 4.93. The second-order valence-corrected chi connectivity index (χ2v) is 7.56. The first-order chi connectivity index (χ1) is 16.1. The van der Waals surface area contributed by atoms with Gasteiger partial charge in [0, 0.05) is 26.0 Å². The highest BCUT2D eigenvalue weighted by molar-refractivity contribution is 6.38. The van der Waals surface area contributed by atoms with Crippen molar-refractivity contribution in [2.45, 2.75) is 47.3 Å². The zero-order valence-corrected chi connectivity index (χ0v) is 19.9. The lowest BCUT2D eigenvalue weighted by molar-refractivity contribution is -0.142. The summed E-state index contributed by atoms with van der Waals surface area (Å²) in [6.45, 7) is 6.14. The van der Waals surface area contributed by atoms with E-state index in [1.165, 1.54) is 21.0 Å². The van der Waals surface area contributed by atoms with Crippen molar-refractivity contribution < 1.29 is 33.4 Å². The molecule has 34 heavy (non-hydrogen) atoms. The van der Waals surface area contributed by atoms with Gasteiger partial charge in [0.15, 0.2) is 0 Å². The molecule has 0 aliphatic carbocycles. The average Bonchev–Trinajstić information content (AvgIpc) is 2.79. The number of nitrogens with zero attached hydrogens (tertiary/aromatic N) is 1. The number of hydrogen-bond acceptors (Lipinski definition) is 7. The minimum absolute atomic E-state index is 0.00104. The van der Waals surface area contributed by atoms with Gasteiger partial charge in [0.05, 0.1) is 7.11 Å². The second kappa shape index (κ2) is 12.3. The third kappa shape index (κ3) is 7.54. The molecule has 9 nitrogen and oxygen atoms in total. The van der Waals surface area contributed by atoms with Gasteiger partial charge < -0.3 is 19.5 Å². The molecule has 0 aliphatic heterocycles. The third-order valence-corrected chi connectivity index (χ3v) is 4.93. The van der Waals surface area contributed by atoms with Crippen LogP contribution in [0.15, 0.2) is 41.4 Å². The molecule has 0 bridgehead atoms. The Kier molecular flexibility index (Phi) is 9.49. The summed E-state index contributed by atoms with van der Waals surface area (Å²) >= 11 is 0. The predicted molar refractivity (Wildman–Crippen MR) is 125 cm³/mol. The summed E-state index contributed by atoms with van der Waals surface area (Å²) in [5.74, 6) is -1.54. The SMILES string of the molecule is COC(=O)C(Cc1cc(C)c(NC(C)=O)c(C)c1COC(C)=O)=NC(=O)OCc1ccccc1. The molecule has 0 fully saturated rings. The van der Waals surface area contributed by atoms with Gasteiger partial charge >= 0.3 is 18.0 Å². The Morgan fingerprint density at radius 3 is 2.24 bits per heavy atom. The zero-order chi connectivity index (χ0) is 25.3. The quantitative estimate of drug-likeness (QED) is 0.355. The number of anilines is 1. The number of carbonyl (C=O) groups is 4. The van der Waals surface area contributed by atoms with E-state index in [2.05, 4.69) is 10.3 Å². The number of nitrogens with one attached hydrogen (secondary N) is 1. The van der Waals surface area contributed by atoms with E-state index in [1.807, 2.05) is 18.2 Å². The minimum Gasteiger partial charge on any atom is -0.465 e. The van der Waals surface area contributed by atoms with Gasteiger partial charge in [-0.2, -0.15) is 4.99 Å². The molecule has 2 aromatic rings. The van der Waals surface area contributed by atoms with Crippen LogP contribution in [-0.4, -0.2) is 36.8 Å². The van der Waals surface area contributed by atoms with E-state index in [4.69, 9.17) is 14.2 Å². The molecule has 0 aromatic heterocycles. The van der Waals surface area contributed by atoms with Gasteiger partial charge in [0.1, 0.15) is 18.9 Å². The van der Waals surface area contributed by atoms with Crippen LogP contribution < -0.4 is 5.32 Å². The van der Waals surface area contributed by atoms with Crippen LogP contribution in [0.5, 0.6) is 0 Å². The normalized spacial score (nSPS) is 10.9. The molecule has 2 rings (SSSR count). The van der Waals surface area contributed by atoms with Crippen LogP contribution in [0.4, 0.5) is 10.5 Å². The number of ether oxygens (including phenoxy) is 3. The molecule has 1 N–H and O–H groups in total. The van der Waals surface area contributed by atoms with E-state index in [0.717, 1.165) is 11.1 Å². The van der Waals surface area contributed by atoms with E-state index < -0.39 is 18.0 Å². The number of esters is 2. The largest absolute Gasteiger partial charge is 0.465 e. The van der Waals surface area contributed by atoms with Crippen molar-refractivity contribution in [2.24, 2.45) is 4.99 Å². The Morgan fingerprint density at radius 1 is 0.971 bits per heavy atom.